The largest absolute Gasteiger partial charge is 0.496 e. The van der Waals surface area contributed by atoms with Crippen LogP contribution < -0.4 is 15.4 Å². The average Bonchev–Trinajstić information content (AvgIpc) is 2.67. The first-order valence-electron chi connectivity index (χ1n) is 9.33. The fourth-order valence-corrected chi connectivity index (χ4v) is 3.34. The fourth-order valence-electron chi connectivity index (χ4n) is 3.34. The van der Waals surface area contributed by atoms with Crippen LogP contribution in [0.2, 0.25) is 0 Å². The van der Waals surface area contributed by atoms with Crippen molar-refractivity contribution in [3.05, 3.63) is 29.8 Å². The third-order valence-electron chi connectivity index (χ3n) is 4.72. The van der Waals surface area contributed by atoms with E-state index in [1.807, 2.05) is 24.3 Å². The highest BCUT2D eigenvalue weighted by molar-refractivity contribution is 5.79. The number of hydrogen-bond donors (Lipinski definition) is 2. The van der Waals surface area contributed by atoms with Crippen LogP contribution in [0.15, 0.2) is 29.3 Å². The quantitative estimate of drug-likeness (QED) is 0.557. The van der Waals surface area contributed by atoms with Gasteiger partial charge in [-0.3, -0.25) is 9.89 Å². The molecule has 0 spiro atoms. The monoisotopic (exact) mass is 386 g/mol. The number of aliphatic imine (C=N–C) groups is 1. The second-order valence-electron chi connectivity index (χ2n) is 6.60. The van der Waals surface area contributed by atoms with Gasteiger partial charge in [0.2, 0.25) is 0 Å². The van der Waals surface area contributed by atoms with Gasteiger partial charge in [0, 0.05) is 25.7 Å². The zero-order valence-electron chi connectivity index (χ0n) is 16.0. The van der Waals surface area contributed by atoms with Crippen molar-refractivity contribution in [1.82, 2.24) is 15.5 Å². The van der Waals surface area contributed by atoms with Gasteiger partial charge < -0.3 is 15.4 Å². The van der Waals surface area contributed by atoms with E-state index in [9.17, 15) is 13.2 Å². The lowest BCUT2D eigenvalue weighted by atomic mass is 10.0. The lowest BCUT2D eigenvalue weighted by Crippen LogP contribution is -2.45. The van der Waals surface area contributed by atoms with Crippen molar-refractivity contribution >= 4 is 5.96 Å². The number of piperidine rings is 1. The van der Waals surface area contributed by atoms with Gasteiger partial charge in [0.05, 0.1) is 19.6 Å². The minimum absolute atomic E-state index is 0.0580. The summed E-state index contributed by atoms with van der Waals surface area (Å²) in [4.78, 5) is 6.44. The van der Waals surface area contributed by atoms with Gasteiger partial charge in [-0.25, -0.2) is 0 Å². The number of halogens is 3. The second kappa shape index (κ2) is 10.4. The van der Waals surface area contributed by atoms with Crippen LogP contribution in [0.5, 0.6) is 5.75 Å². The number of benzene rings is 1. The molecule has 27 heavy (non-hydrogen) atoms. The highest BCUT2D eigenvalue weighted by atomic mass is 19.4. The number of hydrogen-bond acceptors (Lipinski definition) is 3. The lowest BCUT2D eigenvalue weighted by Gasteiger charge is -2.35. The smallest absolute Gasteiger partial charge is 0.390 e. The molecule has 152 valence electrons. The Morgan fingerprint density at radius 1 is 1.19 bits per heavy atom. The normalized spacial score (nSPS) is 17.4. The molecule has 1 aromatic carbocycles. The van der Waals surface area contributed by atoms with Crippen molar-refractivity contribution < 1.29 is 17.9 Å². The molecule has 0 aliphatic carbocycles. The van der Waals surface area contributed by atoms with Crippen LogP contribution in [0.25, 0.3) is 0 Å². The summed E-state index contributed by atoms with van der Waals surface area (Å²) in [5, 5.41) is 5.91. The molecule has 8 heteroatoms. The number of nitrogens with zero attached hydrogens (tertiary/aromatic N) is 2. The summed E-state index contributed by atoms with van der Waals surface area (Å²) in [7, 11) is 3.21. The molecule has 0 saturated carbocycles. The summed E-state index contributed by atoms with van der Waals surface area (Å²) in [5.41, 5.74) is 1.07. The molecular weight excluding hydrogens is 357 g/mol. The average molecular weight is 386 g/mol. The van der Waals surface area contributed by atoms with Crippen molar-refractivity contribution in [3.8, 4) is 5.75 Å². The van der Waals surface area contributed by atoms with Gasteiger partial charge in [0.25, 0.3) is 0 Å². The third kappa shape index (κ3) is 6.93. The molecule has 1 fully saturated rings. The van der Waals surface area contributed by atoms with E-state index in [4.69, 9.17) is 4.74 Å². The summed E-state index contributed by atoms with van der Waals surface area (Å²) < 4.78 is 42.6. The number of guanidine groups is 1. The Hall–Kier alpha value is -1.96. The summed E-state index contributed by atoms with van der Waals surface area (Å²) in [6.07, 6.45) is -1.56. The number of nitrogens with one attached hydrogen (secondary N) is 2. The Bertz CT molecular complexity index is 601. The summed E-state index contributed by atoms with van der Waals surface area (Å²) in [5.74, 6) is 1.19. The van der Waals surface area contributed by atoms with Crippen molar-refractivity contribution in [2.75, 3.05) is 40.3 Å². The first kappa shape index (κ1) is 21.3. The van der Waals surface area contributed by atoms with Gasteiger partial charge in [0.15, 0.2) is 5.96 Å². The van der Waals surface area contributed by atoms with E-state index < -0.39 is 12.6 Å². The number of methoxy groups -OCH3 is 1. The molecule has 5 nitrogen and oxygen atoms in total. The lowest BCUT2D eigenvalue weighted by molar-refractivity contribution is -0.132. The maximum Gasteiger partial charge on any atom is 0.390 e. The van der Waals surface area contributed by atoms with Crippen molar-refractivity contribution in [2.24, 2.45) is 4.99 Å². The Labute approximate surface area is 159 Å². The van der Waals surface area contributed by atoms with E-state index in [-0.39, 0.29) is 12.6 Å². The first-order valence-corrected chi connectivity index (χ1v) is 9.33. The van der Waals surface area contributed by atoms with Crippen LogP contribution >= 0.6 is 0 Å². The number of likely N-dealkylation sites (tertiary alicyclic amines) is 1. The van der Waals surface area contributed by atoms with E-state index in [0.29, 0.717) is 12.5 Å². The van der Waals surface area contributed by atoms with E-state index >= 15 is 0 Å². The van der Waals surface area contributed by atoms with Crippen LogP contribution in [0.3, 0.4) is 0 Å². The molecule has 1 atom stereocenters. The van der Waals surface area contributed by atoms with Crippen LogP contribution in [-0.2, 0) is 0 Å². The van der Waals surface area contributed by atoms with E-state index in [1.54, 1.807) is 14.2 Å². The maximum atomic E-state index is 12.4. The number of para-hydroxylation sites is 1. The zero-order chi connectivity index (χ0) is 19.7. The number of alkyl halides is 3. The highest BCUT2D eigenvalue weighted by Gasteiger charge is 2.27. The molecule has 0 radical (unpaired) electrons. The van der Waals surface area contributed by atoms with Crippen LogP contribution in [0.1, 0.15) is 37.3 Å². The molecular formula is C19H29F3N4O. The predicted octanol–water partition coefficient (Wildman–Crippen LogP) is 3.34. The topological polar surface area (TPSA) is 48.9 Å². The van der Waals surface area contributed by atoms with Gasteiger partial charge in [-0.1, -0.05) is 24.6 Å². The second-order valence-corrected chi connectivity index (χ2v) is 6.60. The molecule has 2 N–H and O–H groups in total. The van der Waals surface area contributed by atoms with E-state index in [2.05, 4.69) is 20.5 Å². The molecule has 0 aromatic heterocycles. The van der Waals surface area contributed by atoms with Crippen molar-refractivity contribution in [1.29, 1.82) is 0 Å². The summed E-state index contributed by atoms with van der Waals surface area (Å²) in [6, 6.07) is 7.94. The highest BCUT2D eigenvalue weighted by Crippen LogP contribution is 2.30. The Morgan fingerprint density at radius 3 is 2.52 bits per heavy atom. The number of rotatable bonds is 7. The standard InChI is InChI=1S/C19H29F3N4O/c1-23-18(24-11-10-19(20,21)22)25-14-16(26-12-6-3-7-13-26)15-8-4-5-9-17(15)27-2/h4-5,8-9,16H,3,6-7,10-14H2,1-2H3,(H2,23,24,25). The Kier molecular flexibility index (Phi) is 8.22. The third-order valence-corrected chi connectivity index (χ3v) is 4.72. The Balaban J connectivity index is 2.05. The fraction of sp³-hybridized carbons (Fsp3) is 0.632. The zero-order valence-corrected chi connectivity index (χ0v) is 16.0. The van der Waals surface area contributed by atoms with Gasteiger partial charge in [-0.15, -0.1) is 0 Å². The minimum Gasteiger partial charge on any atom is -0.496 e. The van der Waals surface area contributed by atoms with Crippen LogP contribution in [0, 0.1) is 0 Å². The number of ether oxygens (including phenoxy) is 1. The predicted molar refractivity (Wildman–Crippen MR) is 101 cm³/mol. The summed E-state index contributed by atoms with van der Waals surface area (Å²) >= 11 is 0. The summed E-state index contributed by atoms with van der Waals surface area (Å²) in [6.45, 7) is 2.31. The molecule has 1 heterocycles. The van der Waals surface area contributed by atoms with Gasteiger partial charge >= 0.3 is 6.18 Å². The molecule has 0 amide bonds. The molecule has 1 aliphatic heterocycles. The molecule has 1 unspecified atom stereocenters. The molecule has 1 aromatic rings. The minimum atomic E-state index is -4.18. The van der Waals surface area contributed by atoms with E-state index in [0.717, 1.165) is 37.2 Å². The molecule has 0 bridgehead atoms. The van der Waals surface area contributed by atoms with Crippen LogP contribution in [-0.4, -0.2) is 57.4 Å². The van der Waals surface area contributed by atoms with Crippen molar-refractivity contribution in [2.45, 2.75) is 37.9 Å². The van der Waals surface area contributed by atoms with Gasteiger partial charge in [0.1, 0.15) is 5.75 Å². The maximum absolute atomic E-state index is 12.4. The first-order chi connectivity index (χ1) is 12.9. The van der Waals surface area contributed by atoms with E-state index in [1.165, 1.54) is 6.42 Å². The Morgan fingerprint density at radius 2 is 1.89 bits per heavy atom. The van der Waals surface area contributed by atoms with Crippen LogP contribution in [0.4, 0.5) is 13.2 Å². The van der Waals surface area contributed by atoms with Gasteiger partial charge in [-0.2, -0.15) is 13.2 Å². The van der Waals surface area contributed by atoms with Crippen molar-refractivity contribution in [3.63, 3.8) is 0 Å². The van der Waals surface area contributed by atoms with Gasteiger partial charge in [-0.05, 0) is 32.0 Å². The molecule has 2 rings (SSSR count). The molecule has 1 saturated heterocycles. The molecule has 1 aliphatic rings. The SMILES string of the molecule is CN=C(NCCC(F)(F)F)NCC(c1ccccc1OC)N1CCCCC1.